The summed E-state index contributed by atoms with van der Waals surface area (Å²) >= 11 is 0. The number of hydroxylamine groups is 2. The van der Waals surface area contributed by atoms with E-state index in [1.54, 1.807) is 18.4 Å². The van der Waals surface area contributed by atoms with Gasteiger partial charge in [-0.1, -0.05) is 0 Å². The van der Waals surface area contributed by atoms with Gasteiger partial charge >= 0.3 is 0 Å². The third-order valence-electron chi connectivity index (χ3n) is 3.68. The number of aromatic amines is 1. The molecule has 2 aromatic rings. The van der Waals surface area contributed by atoms with Crippen molar-refractivity contribution in [2.24, 2.45) is 9.98 Å². The topological polar surface area (TPSA) is 102 Å². The van der Waals surface area contributed by atoms with Crippen LogP contribution in [0, 0.1) is 0 Å². The molecule has 1 aromatic carbocycles. The Labute approximate surface area is 152 Å². The summed E-state index contributed by atoms with van der Waals surface area (Å²) in [6.07, 6.45) is 1.40. The van der Waals surface area contributed by atoms with E-state index in [9.17, 15) is 0 Å². The largest absolute Gasteiger partial charge is 0.352 e. The zero-order valence-corrected chi connectivity index (χ0v) is 15.7. The summed E-state index contributed by atoms with van der Waals surface area (Å²) in [5, 5.41) is 19.6. The summed E-state index contributed by atoms with van der Waals surface area (Å²) in [5.74, 6) is 1.10. The minimum atomic E-state index is -0.392. The molecule has 1 atom stereocenters. The number of anilines is 1. The average molecular weight is 358 g/mol. The number of benzene rings is 1. The minimum absolute atomic E-state index is 0.217. The Morgan fingerprint density at radius 2 is 2.00 bits per heavy atom. The number of aliphatic imine (C=N–C) groups is 2. The number of hydrogen-bond donors (Lipinski definition) is 4. The lowest BCUT2D eigenvalue weighted by atomic mass is 10.2. The molecule has 1 aliphatic rings. The van der Waals surface area contributed by atoms with E-state index in [0.29, 0.717) is 11.9 Å². The lowest BCUT2D eigenvalue weighted by molar-refractivity contribution is -0.107. The molecule has 0 fully saturated rings. The molecule has 0 saturated carbocycles. The fraction of sp³-hybridized carbons (Fsp3) is 0.471. The van der Waals surface area contributed by atoms with Crippen LogP contribution >= 0.6 is 0 Å². The molecule has 0 aliphatic carbocycles. The van der Waals surface area contributed by atoms with Gasteiger partial charge in [0.15, 0.2) is 0 Å². The van der Waals surface area contributed by atoms with Gasteiger partial charge in [-0.2, -0.15) is 15.2 Å². The van der Waals surface area contributed by atoms with Gasteiger partial charge in [0.1, 0.15) is 0 Å². The lowest BCUT2D eigenvalue weighted by Crippen LogP contribution is -2.55. The SMILES string of the molecule is CON1C(Nc2ccc3cn[nH]c3c2)=NC(NC(C)C)=NC1NC(C)C. The third-order valence-corrected chi connectivity index (χ3v) is 3.68. The van der Waals surface area contributed by atoms with Gasteiger partial charge in [0.05, 0.1) is 18.8 Å². The highest BCUT2D eigenvalue weighted by Crippen LogP contribution is 2.18. The molecule has 9 nitrogen and oxygen atoms in total. The van der Waals surface area contributed by atoms with Crippen LogP contribution in [0.4, 0.5) is 5.69 Å². The highest BCUT2D eigenvalue weighted by Gasteiger charge is 2.28. The van der Waals surface area contributed by atoms with Gasteiger partial charge in [-0.3, -0.25) is 15.3 Å². The molecule has 140 valence electrons. The van der Waals surface area contributed by atoms with E-state index in [-0.39, 0.29) is 12.1 Å². The van der Waals surface area contributed by atoms with Crippen LogP contribution in [0.15, 0.2) is 34.4 Å². The van der Waals surface area contributed by atoms with Gasteiger partial charge < -0.3 is 10.6 Å². The first-order valence-electron chi connectivity index (χ1n) is 8.69. The van der Waals surface area contributed by atoms with Gasteiger partial charge in [0.25, 0.3) is 0 Å². The number of rotatable bonds is 5. The van der Waals surface area contributed by atoms with Crippen LogP contribution in [0.1, 0.15) is 27.7 Å². The van der Waals surface area contributed by atoms with Crippen molar-refractivity contribution in [3.05, 3.63) is 24.4 Å². The highest BCUT2D eigenvalue weighted by atomic mass is 16.7. The van der Waals surface area contributed by atoms with Crippen LogP contribution in [-0.2, 0) is 4.84 Å². The van der Waals surface area contributed by atoms with Crippen LogP contribution in [0.5, 0.6) is 0 Å². The summed E-state index contributed by atoms with van der Waals surface area (Å²) in [6.45, 7) is 8.21. The normalized spacial score (nSPS) is 17.7. The molecule has 26 heavy (non-hydrogen) atoms. The van der Waals surface area contributed by atoms with Crippen molar-refractivity contribution >= 4 is 28.5 Å². The number of nitrogens with zero attached hydrogens (tertiary/aromatic N) is 4. The van der Waals surface area contributed by atoms with Gasteiger partial charge in [0, 0.05) is 23.2 Å². The molecule has 0 radical (unpaired) electrons. The summed E-state index contributed by atoms with van der Waals surface area (Å²) in [7, 11) is 1.60. The Bertz CT molecular complexity index is 810. The summed E-state index contributed by atoms with van der Waals surface area (Å²) in [6, 6.07) is 6.38. The second-order valence-electron chi connectivity index (χ2n) is 6.69. The molecular formula is C17H26N8O. The number of hydrogen-bond acceptors (Lipinski definition) is 8. The molecule has 0 spiro atoms. The Kier molecular flexibility index (Phi) is 5.38. The fourth-order valence-electron chi connectivity index (χ4n) is 2.61. The van der Waals surface area contributed by atoms with E-state index in [1.807, 2.05) is 32.0 Å². The Hall–Kier alpha value is -2.65. The molecule has 0 bridgehead atoms. The van der Waals surface area contributed by atoms with E-state index in [4.69, 9.17) is 4.84 Å². The maximum absolute atomic E-state index is 5.54. The second-order valence-corrected chi connectivity index (χ2v) is 6.69. The van der Waals surface area contributed by atoms with Crippen molar-refractivity contribution in [2.75, 3.05) is 12.4 Å². The standard InChI is InChI=1S/C17H26N8O/c1-10(2)19-15-22-16(20-11(3)4)25(26-5)17(23-15)21-13-7-6-12-9-18-24-14(12)8-13/h6-11,16,20H,1-5H3,(H,18,24)(H2,19,21,22,23). The quantitative estimate of drug-likeness (QED) is 0.651. The molecule has 1 unspecified atom stereocenters. The molecule has 0 amide bonds. The van der Waals surface area contributed by atoms with Gasteiger partial charge in [-0.05, 0) is 45.9 Å². The molecule has 0 saturated heterocycles. The van der Waals surface area contributed by atoms with Crippen molar-refractivity contribution in [1.29, 1.82) is 0 Å². The highest BCUT2D eigenvalue weighted by molar-refractivity contribution is 6.03. The van der Waals surface area contributed by atoms with Crippen LogP contribution < -0.4 is 16.0 Å². The second kappa shape index (κ2) is 7.71. The maximum Gasteiger partial charge on any atom is 0.234 e. The summed E-state index contributed by atoms with van der Waals surface area (Å²) in [4.78, 5) is 14.7. The van der Waals surface area contributed by atoms with Crippen LogP contribution in [0.3, 0.4) is 0 Å². The molecule has 1 aliphatic heterocycles. The zero-order valence-electron chi connectivity index (χ0n) is 15.7. The van der Waals surface area contributed by atoms with E-state index in [0.717, 1.165) is 16.6 Å². The van der Waals surface area contributed by atoms with E-state index in [1.165, 1.54) is 0 Å². The van der Waals surface area contributed by atoms with Crippen molar-refractivity contribution in [3.8, 4) is 0 Å². The molecule has 9 heteroatoms. The van der Waals surface area contributed by atoms with E-state index >= 15 is 0 Å². The molecule has 4 N–H and O–H groups in total. The minimum Gasteiger partial charge on any atom is -0.352 e. The van der Waals surface area contributed by atoms with E-state index < -0.39 is 6.29 Å². The first-order valence-corrected chi connectivity index (χ1v) is 8.69. The first kappa shape index (κ1) is 18.2. The smallest absolute Gasteiger partial charge is 0.234 e. The van der Waals surface area contributed by atoms with Crippen LogP contribution in [-0.4, -0.2) is 52.7 Å². The summed E-state index contributed by atoms with van der Waals surface area (Å²) < 4.78 is 0. The van der Waals surface area contributed by atoms with Crippen LogP contribution in [0.2, 0.25) is 0 Å². The van der Waals surface area contributed by atoms with Crippen molar-refractivity contribution in [1.82, 2.24) is 25.9 Å². The zero-order chi connectivity index (χ0) is 18.7. The maximum atomic E-state index is 5.54. The van der Waals surface area contributed by atoms with Crippen LogP contribution in [0.25, 0.3) is 10.9 Å². The van der Waals surface area contributed by atoms with Gasteiger partial charge in [0.2, 0.25) is 18.2 Å². The Morgan fingerprint density at radius 3 is 2.69 bits per heavy atom. The molecule has 1 aromatic heterocycles. The van der Waals surface area contributed by atoms with Crippen molar-refractivity contribution < 1.29 is 4.84 Å². The summed E-state index contributed by atoms with van der Waals surface area (Å²) in [5.41, 5.74) is 1.82. The average Bonchev–Trinajstić information content (AvgIpc) is 3.01. The lowest BCUT2D eigenvalue weighted by Gasteiger charge is -2.34. The number of nitrogens with one attached hydrogen (secondary N) is 4. The Balaban J connectivity index is 1.89. The number of fused-ring (bicyclic) bond motifs is 1. The molecular weight excluding hydrogens is 332 g/mol. The predicted octanol–water partition coefficient (Wildman–Crippen LogP) is 1.84. The van der Waals surface area contributed by atoms with Gasteiger partial charge in [-0.15, -0.1) is 0 Å². The van der Waals surface area contributed by atoms with E-state index in [2.05, 4.69) is 50.0 Å². The predicted molar refractivity (Wildman–Crippen MR) is 104 cm³/mol. The third kappa shape index (κ3) is 4.12. The first-order chi connectivity index (χ1) is 12.5. The number of aromatic nitrogens is 2. The number of guanidine groups is 2. The molecule has 3 rings (SSSR count). The van der Waals surface area contributed by atoms with Crippen molar-refractivity contribution in [2.45, 2.75) is 46.1 Å². The number of H-pyrrole nitrogens is 1. The Morgan fingerprint density at radius 1 is 1.19 bits per heavy atom. The fourth-order valence-corrected chi connectivity index (χ4v) is 2.61. The van der Waals surface area contributed by atoms with Gasteiger partial charge in [-0.25, -0.2) is 4.99 Å². The van der Waals surface area contributed by atoms with Crippen molar-refractivity contribution in [3.63, 3.8) is 0 Å². The molecule has 2 heterocycles. The monoisotopic (exact) mass is 358 g/mol.